The van der Waals surface area contributed by atoms with Crippen molar-refractivity contribution in [2.24, 2.45) is 0 Å². The molecule has 7 heteroatoms. The Balaban J connectivity index is 1.93. The summed E-state index contributed by atoms with van der Waals surface area (Å²) in [6.45, 7) is 0. The molecule has 4 N–H and O–H groups in total. The molecule has 0 aliphatic carbocycles. The quantitative estimate of drug-likeness (QED) is 0.636. The maximum absolute atomic E-state index is 9.31. The molecule has 0 unspecified atom stereocenters. The van der Waals surface area contributed by atoms with Gasteiger partial charge in [0.15, 0.2) is 5.82 Å². The molecule has 1 aromatic heterocycles. The van der Waals surface area contributed by atoms with Crippen molar-refractivity contribution in [3.05, 3.63) is 48.5 Å². The summed E-state index contributed by atoms with van der Waals surface area (Å²) < 4.78 is 5.20. The van der Waals surface area contributed by atoms with Gasteiger partial charge in [-0.15, -0.1) is 0 Å². The van der Waals surface area contributed by atoms with Gasteiger partial charge in [0.05, 0.1) is 7.11 Å². The van der Waals surface area contributed by atoms with Gasteiger partial charge in [-0.05, 0) is 36.4 Å². The van der Waals surface area contributed by atoms with Crippen molar-refractivity contribution in [2.75, 3.05) is 18.2 Å². The maximum atomic E-state index is 9.31. The van der Waals surface area contributed by atoms with E-state index in [-0.39, 0.29) is 11.7 Å². The van der Waals surface area contributed by atoms with Crippen LogP contribution in [0.2, 0.25) is 0 Å². The topological polar surface area (TPSA) is 106 Å². The van der Waals surface area contributed by atoms with E-state index >= 15 is 0 Å². The largest absolute Gasteiger partial charge is 0.508 e. The number of benzene rings is 2. The lowest BCUT2D eigenvalue weighted by Gasteiger charge is -2.08. The molecule has 0 radical (unpaired) electrons. The van der Waals surface area contributed by atoms with Crippen LogP contribution >= 0.6 is 0 Å². The summed E-state index contributed by atoms with van der Waals surface area (Å²) in [4.78, 5) is 12.6. The smallest absolute Gasteiger partial charge is 0.232 e. The van der Waals surface area contributed by atoms with E-state index in [9.17, 15) is 5.11 Å². The van der Waals surface area contributed by atoms with Crippen LogP contribution in [-0.4, -0.2) is 27.2 Å². The fourth-order valence-corrected chi connectivity index (χ4v) is 2.01. The molecule has 0 saturated heterocycles. The Kier molecular flexibility index (Phi) is 3.92. The van der Waals surface area contributed by atoms with Gasteiger partial charge in [-0.2, -0.15) is 15.0 Å². The molecule has 0 bridgehead atoms. The van der Waals surface area contributed by atoms with Crippen molar-refractivity contribution in [1.29, 1.82) is 0 Å². The van der Waals surface area contributed by atoms with Crippen molar-refractivity contribution in [3.63, 3.8) is 0 Å². The molecule has 0 atom stereocenters. The monoisotopic (exact) mass is 309 g/mol. The summed E-state index contributed by atoms with van der Waals surface area (Å²) in [7, 11) is 1.60. The van der Waals surface area contributed by atoms with Gasteiger partial charge >= 0.3 is 0 Å². The number of nitrogens with two attached hydrogens (primary N) is 1. The Hall–Kier alpha value is -3.35. The second-order valence-electron chi connectivity index (χ2n) is 4.74. The summed E-state index contributed by atoms with van der Waals surface area (Å²) in [5.74, 6) is 1.76. The van der Waals surface area contributed by atoms with E-state index in [4.69, 9.17) is 10.5 Å². The molecular weight excluding hydrogens is 294 g/mol. The van der Waals surface area contributed by atoms with Crippen LogP contribution in [0.3, 0.4) is 0 Å². The third-order valence-corrected chi connectivity index (χ3v) is 3.10. The zero-order chi connectivity index (χ0) is 16.2. The van der Waals surface area contributed by atoms with E-state index in [0.717, 1.165) is 11.3 Å². The standard InChI is InChI=1S/C16H15N5O2/c1-23-13-4-2-3-10(9-13)14-19-15(17)21-16(20-14)18-11-5-7-12(22)8-6-11/h2-9,22H,1H3,(H3,17,18,19,20,21). The molecule has 0 spiro atoms. The molecule has 0 aliphatic rings. The number of anilines is 3. The molecule has 0 fully saturated rings. The van der Waals surface area contributed by atoms with E-state index in [1.54, 1.807) is 31.4 Å². The number of hydrogen-bond donors (Lipinski definition) is 3. The molecule has 116 valence electrons. The van der Waals surface area contributed by atoms with Crippen molar-refractivity contribution >= 4 is 17.6 Å². The number of phenolic OH excluding ortho intramolecular Hbond substituents is 1. The van der Waals surface area contributed by atoms with Crippen LogP contribution in [-0.2, 0) is 0 Å². The third kappa shape index (κ3) is 3.46. The minimum absolute atomic E-state index is 0.110. The van der Waals surface area contributed by atoms with E-state index in [1.165, 1.54) is 0 Å². The van der Waals surface area contributed by atoms with Gasteiger partial charge in [0.2, 0.25) is 11.9 Å². The van der Waals surface area contributed by atoms with Gasteiger partial charge in [-0.25, -0.2) is 0 Å². The van der Waals surface area contributed by atoms with Gasteiger partial charge in [0, 0.05) is 11.3 Å². The van der Waals surface area contributed by atoms with Crippen molar-refractivity contribution < 1.29 is 9.84 Å². The Morgan fingerprint density at radius 3 is 2.57 bits per heavy atom. The minimum atomic E-state index is 0.110. The van der Waals surface area contributed by atoms with E-state index in [2.05, 4.69) is 20.3 Å². The number of methoxy groups -OCH3 is 1. The predicted molar refractivity (Wildman–Crippen MR) is 87.6 cm³/mol. The van der Waals surface area contributed by atoms with Gasteiger partial charge in [-0.3, -0.25) is 0 Å². The first-order chi connectivity index (χ1) is 11.1. The summed E-state index contributed by atoms with van der Waals surface area (Å²) in [5.41, 5.74) is 7.27. The Bertz CT molecular complexity index is 821. The SMILES string of the molecule is COc1cccc(-c2nc(N)nc(Nc3ccc(O)cc3)n2)c1. The Labute approximate surface area is 132 Å². The first-order valence-corrected chi connectivity index (χ1v) is 6.86. The molecule has 1 heterocycles. The highest BCUT2D eigenvalue weighted by Gasteiger charge is 2.08. The lowest BCUT2D eigenvalue weighted by Crippen LogP contribution is -2.05. The average molecular weight is 309 g/mol. The number of ether oxygens (including phenoxy) is 1. The van der Waals surface area contributed by atoms with Gasteiger partial charge in [0.1, 0.15) is 11.5 Å². The zero-order valence-electron chi connectivity index (χ0n) is 12.4. The first kappa shape index (κ1) is 14.6. The molecule has 3 aromatic rings. The fraction of sp³-hybridized carbons (Fsp3) is 0.0625. The minimum Gasteiger partial charge on any atom is -0.508 e. The average Bonchev–Trinajstić information content (AvgIpc) is 2.56. The van der Waals surface area contributed by atoms with Crippen LogP contribution in [0.5, 0.6) is 11.5 Å². The van der Waals surface area contributed by atoms with Crippen LogP contribution in [0.1, 0.15) is 0 Å². The van der Waals surface area contributed by atoms with E-state index in [1.807, 2.05) is 24.3 Å². The number of rotatable bonds is 4. The molecule has 0 saturated carbocycles. The lowest BCUT2D eigenvalue weighted by atomic mass is 10.2. The van der Waals surface area contributed by atoms with Crippen LogP contribution in [0.25, 0.3) is 11.4 Å². The summed E-state index contributed by atoms with van der Waals surface area (Å²) in [6.07, 6.45) is 0. The van der Waals surface area contributed by atoms with Crippen LogP contribution in [0.4, 0.5) is 17.6 Å². The number of nitrogen functional groups attached to an aromatic ring is 1. The number of phenols is 1. The Morgan fingerprint density at radius 2 is 1.83 bits per heavy atom. The predicted octanol–water partition coefficient (Wildman–Crippen LogP) is 2.58. The number of nitrogens with one attached hydrogen (secondary N) is 1. The highest BCUT2D eigenvalue weighted by atomic mass is 16.5. The second-order valence-corrected chi connectivity index (χ2v) is 4.74. The highest BCUT2D eigenvalue weighted by Crippen LogP contribution is 2.23. The highest BCUT2D eigenvalue weighted by molar-refractivity contribution is 5.62. The maximum Gasteiger partial charge on any atom is 0.232 e. The number of nitrogens with zero attached hydrogens (tertiary/aromatic N) is 3. The summed E-state index contributed by atoms with van der Waals surface area (Å²) in [5, 5.41) is 12.3. The van der Waals surface area contributed by atoms with Gasteiger partial charge in [0.25, 0.3) is 0 Å². The Morgan fingerprint density at radius 1 is 1.04 bits per heavy atom. The van der Waals surface area contributed by atoms with Gasteiger partial charge in [-0.1, -0.05) is 12.1 Å². The summed E-state index contributed by atoms with van der Waals surface area (Å²) >= 11 is 0. The fourth-order valence-electron chi connectivity index (χ4n) is 2.01. The molecule has 7 nitrogen and oxygen atoms in total. The third-order valence-electron chi connectivity index (χ3n) is 3.10. The van der Waals surface area contributed by atoms with E-state index in [0.29, 0.717) is 17.5 Å². The van der Waals surface area contributed by atoms with E-state index < -0.39 is 0 Å². The van der Waals surface area contributed by atoms with Crippen LogP contribution in [0.15, 0.2) is 48.5 Å². The van der Waals surface area contributed by atoms with Crippen LogP contribution < -0.4 is 15.8 Å². The number of aromatic nitrogens is 3. The summed E-state index contributed by atoms with van der Waals surface area (Å²) in [6, 6.07) is 13.9. The molecule has 0 amide bonds. The van der Waals surface area contributed by atoms with Crippen molar-refractivity contribution in [2.45, 2.75) is 0 Å². The zero-order valence-corrected chi connectivity index (χ0v) is 12.4. The molecule has 23 heavy (non-hydrogen) atoms. The molecule has 2 aromatic carbocycles. The molecule has 3 rings (SSSR count). The number of hydrogen-bond acceptors (Lipinski definition) is 7. The first-order valence-electron chi connectivity index (χ1n) is 6.86. The lowest BCUT2D eigenvalue weighted by molar-refractivity contribution is 0.415. The second kappa shape index (κ2) is 6.18. The van der Waals surface area contributed by atoms with Crippen molar-refractivity contribution in [3.8, 4) is 22.9 Å². The normalized spacial score (nSPS) is 10.3. The van der Waals surface area contributed by atoms with Crippen molar-refractivity contribution in [1.82, 2.24) is 15.0 Å². The van der Waals surface area contributed by atoms with Crippen LogP contribution in [0, 0.1) is 0 Å². The molecule has 0 aliphatic heterocycles. The molecular formula is C16H15N5O2. The number of aromatic hydroxyl groups is 1. The van der Waals surface area contributed by atoms with Gasteiger partial charge < -0.3 is 20.9 Å².